The number of ether oxygens (including phenoxy) is 3. The molecule has 0 radical (unpaired) electrons. The van der Waals surface area contributed by atoms with Crippen LogP contribution in [0.15, 0.2) is 71.8 Å². The lowest BCUT2D eigenvalue weighted by Crippen LogP contribution is -2.16. The second-order valence-corrected chi connectivity index (χ2v) is 10.1. The van der Waals surface area contributed by atoms with Crippen molar-refractivity contribution in [3.05, 3.63) is 72.4 Å². The lowest BCUT2D eigenvalue weighted by Gasteiger charge is -2.18. The van der Waals surface area contributed by atoms with Crippen molar-refractivity contribution in [3.8, 4) is 46.0 Å². The zero-order valence-electron chi connectivity index (χ0n) is 21.8. The maximum atomic E-state index is 13.5. The van der Waals surface area contributed by atoms with Crippen LogP contribution in [0, 0.1) is 6.92 Å². The Morgan fingerprint density at radius 1 is 1.02 bits per heavy atom. The van der Waals surface area contributed by atoms with E-state index in [9.17, 15) is 13.5 Å². The Morgan fingerprint density at radius 2 is 1.80 bits per heavy atom. The summed E-state index contributed by atoms with van der Waals surface area (Å²) >= 11 is 0. The van der Waals surface area contributed by atoms with Crippen LogP contribution in [0.4, 0.5) is 5.82 Å². The van der Waals surface area contributed by atoms with E-state index >= 15 is 0 Å². The molecule has 0 fully saturated rings. The number of nitrogens with zero attached hydrogens (tertiary/aromatic N) is 6. The van der Waals surface area contributed by atoms with Gasteiger partial charge in [0, 0.05) is 11.8 Å². The van der Waals surface area contributed by atoms with Crippen LogP contribution in [0.2, 0.25) is 0 Å². The molecule has 0 aliphatic heterocycles. The number of anilines is 1. The SMILES string of the molecule is COc1ccccc1Oc1c(NS(=O)(=O)c2ccc(C)cc2)nc(-c2ccnc(-c3nnn[nH]3)c2)nc1OCCO. The fourth-order valence-corrected chi connectivity index (χ4v) is 4.65. The molecule has 15 heteroatoms. The van der Waals surface area contributed by atoms with Gasteiger partial charge in [-0.15, -0.1) is 5.10 Å². The molecule has 41 heavy (non-hydrogen) atoms. The molecule has 210 valence electrons. The maximum absolute atomic E-state index is 13.5. The molecule has 0 atom stereocenters. The van der Waals surface area contributed by atoms with E-state index in [4.69, 9.17) is 14.2 Å². The second kappa shape index (κ2) is 11.9. The summed E-state index contributed by atoms with van der Waals surface area (Å²) in [5, 5.41) is 23.1. The van der Waals surface area contributed by atoms with Gasteiger partial charge in [-0.2, -0.15) is 4.98 Å². The highest BCUT2D eigenvalue weighted by molar-refractivity contribution is 7.92. The minimum atomic E-state index is -4.14. The van der Waals surface area contributed by atoms with Gasteiger partial charge in [-0.05, 0) is 53.7 Å². The summed E-state index contributed by atoms with van der Waals surface area (Å²) < 4.78 is 46.6. The molecule has 0 aliphatic carbocycles. The van der Waals surface area contributed by atoms with Crippen LogP contribution in [0.1, 0.15) is 5.56 Å². The van der Waals surface area contributed by atoms with Gasteiger partial charge in [0.05, 0.1) is 18.6 Å². The van der Waals surface area contributed by atoms with Crippen LogP contribution >= 0.6 is 0 Å². The molecule has 2 aromatic carbocycles. The van der Waals surface area contributed by atoms with Crippen LogP contribution in [0.25, 0.3) is 22.9 Å². The van der Waals surface area contributed by atoms with E-state index < -0.39 is 10.0 Å². The Morgan fingerprint density at radius 3 is 2.51 bits per heavy atom. The summed E-state index contributed by atoms with van der Waals surface area (Å²) in [4.78, 5) is 13.3. The molecule has 0 unspecified atom stereocenters. The molecule has 0 spiro atoms. The van der Waals surface area contributed by atoms with Gasteiger partial charge in [0.2, 0.25) is 5.75 Å². The molecular formula is C26H24N8O6S. The molecule has 3 heterocycles. The van der Waals surface area contributed by atoms with Gasteiger partial charge in [-0.3, -0.25) is 9.71 Å². The number of nitrogens with one attached hydrogen (secondary N) is 2. The number of tetrazole rings is 1. The molecule has 0 saturated heterocycles. The third-order valence-electron chi connectivity index (χ3n) is 5.61. The predicted octanol–water partition coefficient (Wildman–Crippen LogP) is 3.00. The summed E-state index contributed by atoms with van der Waals surface area (Å²) in [5.41, 5.74) is 1.73. The van der Waals surface area contributed by atoms with Crippen molar-refractivity contribution in [3.63, 3.8) is 0 Å². The van der Waals surface area contributed by atoms with E-state index in [-0.39, 0.29) is 47.1 Å². The summed E-state index contributed by atoms with van der Waals surface area (Å²) in [6.07, 6.45) is 1.50. The molecule has 14 nitrogen and oxygen atoms in total. The Hall–Kier alpha value is -5.15. The standard InChI is InChI=1S/C26H24N8O6S/c1-16-7-9-18(10-8-16)41(36,37)32-25-22(40-21-6-4-3-5-20(21)38-2)26(39-14-13-35)29-23(28-25)17-11-12-27-19(15-17)24-30-33-34-31-24/h3-12,15,35H,13-14H2,1-2H3,(H,28,29,32)(H,30,31,33,34). The zero-order valence-corrected chi connectivity index (χ0v) is 22.7. The first kappa shape index (κ1) is 27.4. The zero-order chi connectivity index (χ0) is 28.8. The fraction of sp³-hybridized carbons (Fsp3) is 0.154. The van der Waals surface area contributed by atoms with Crippen LogP contribution < -0.4 is 18.9 Å². The van der Waals surface area contributed by atoms with Crippen molar-refractivity contribution < 1.29 is 27.7 Å². The molecule has 0 aliphatic rings. The van der Waals surface area contributed by atoms with Gasteiger partial charge >= 0.3 is 0 Å². The van der Waals surface area contributed by atoms with Gasteiger partial charge in [-0.1, -0.05) is 29.8 Å². The van der Waals surface area contributed by atoms with E-state index in [0.717, 1.165) is 5.56 Å². The number of H-pyrrole nitrogens is 1. The van der Waals surface area contributed by atoms with Gasteiger partial charge in [0.15, 0.2) is 29.0 Å². The molecular weight excluding hydrogens is 552 g/mol. The number of hydrogen-bond acceptors (Lipinski definition) is 12. The Kier molecular flexibility index (Phi) is 7.98. The van der Waals surface area contributed by atoms with E-state index in [1.54, 1.807) is 48.5 Å². The summed E-state index contributed by atoms with van der Waals surface area (Å²) in [5.74, 6) is 0.515. The number of aromatic amines is 1. The third-order valence-corrected chi connectivity index (χ3v) is 6.97. The minimum absolute atomic E-state index is 0.00773. The van der Waals surface area contributed by atoms with Crippen LogP contribution in [-0.4, -0.2) is 69.4 Å². The van der Waals surface area contributed by atoms with Crippen molar-refractivity contribution in [1.29, 1.82) is 0 Å². The Bertz CT molecular complexity index is 1750. The molecule has 5 aromatic rings. The van der Waals surface area contributed by atoms with Gasteiger partial charge in [0.1, 0.15) is 12.3 Å². The molecule has 0 bridgehead atoms. The average molecular weight is 577 g/mol. The molecule has 5 rings (SSSR count). The summed E-state index contributed by atoms with van der Waals surface area (Å²) in [6.45, 7) is 1.35. The molecule has 3 N–H and O–H groups in total. The number of sulfonamides is 1. The van der Waals surface area contributed by atoms with Crippen LogP contribution in [0.3, 0.4) is 0 Å². The highest BCUT2D eigenvalue weighted by atomic mass is 32.2. The fourth-order valence-electron chi connectivity index (χ4n) is 3.64. The third kappa shape index (κ3) is 6.21. The van der Waals surface area contributed by atoms with Crippen molar-refractivity contribution in [2.24, 2.45) is 0 Å². The van der Waals surface area contributed by atoms with Crippen LogP contribution in [-0.2, 0) is 10.0 Å². The number of aliphatic hydroxyl groups excluding tert-OH is 1. The topological polar surface area (TPSA) is 187 Å². The van der Waals surface area contributed by atoms with Gasteiger partial charge in [0.25, 0.3) is 15.9 Å². The first-order valence-electron chi connectivity index (χ1n) is 12.1. The number of aliphatic hydroxyl groups is 1. The highest BCUT2D eigenvalue weighted by Crippen LogP contribution is 2.41. The van der Waals surface area contributed by atoms with Crippen LogP contribution in [0.5, 0.6) is 23.1 Å². The normalized spacial score (nSPS) is 11.2. The lowest BCUT2D eigenvalue weighted by molar-refractivity contribution is 0.192. The lowest BCUT2D eigenvalue weighted by atomic mass is 10.2. The monoisotopic (exact) mass is 576 g/mol. The maximum Gasteiger partial charge on any atom is 0.263 e. The average Bonchev–Trinajstić information content (AvgIpc) is 3.53. The van der Waals surface area contributed by atoms with E-state index in [1.807, 2.05) is 6.92 Å². The largest absolute Gasteiger partial charge is 0.493 e. The Labute approximate surface area is 234 Å². The second-order valence-electron chi connectivity index (χ2n) is 8.45. The quantitative estimate of drug-likeness (QED) is 0.209. The number of para-hydroxylation sites is 2. The van der Waals surface area contributed by atoms with E-state index in [0.29, 0.717) is 22.8 Å². The minimum Gasteiger partial charge on any atom is -0.493 e. The van der Waals surface area contributed by atoms with Gasteiger partial charge < -0.3 is 19.3 Å². The number of hydrogen-bond donors (Lipinski definition) is 3. The molecule has 0 saturated carbocycles. The first-order chi connectivity index (χ1) is 19.9. The molecule has 3 aromatic heterocycles. The van der Waals surface area contributed by atoms with Crippen molar-refractivity contribution in [2.45, 2.75) is 11.8 Å². The highest BCUT2D eigenvalue weighted by Gasteiger charge is 2.25. The number of aromatic nitrogens is 7. The predicted molar refractivity (Wildman–Crippen MR) is 146 cm³/mol. The van der Waals surface area contributed by atoms with Crippen molar-refractivity contribution in [1.82, 2.24) is 35.6 Å². The summed E-state index contributed by atoms with van der Waals surface area (Å²) in [7, 11) is -2.67. The van der Waals surface area contributed by atoms with E-state index in [1.165, 1.54) is 25.4 Å². The van der Waals surface area contributed by atoms with Crippen molar-refractivity contribution in [2.75, 3.05) is 25.0 Å². The van der Waals surface area contributed by atoms with E-state index in [2.05, 4.69) is 40.3 Å². The van der Waals surface area contributed by atoms with Crippen molar-refractivity contribution >= 4 is 15.8 Å². The van der Waals surface area contributed by atoms with Gasteiger partial charge in [-0.25, -0.2) is 18.5 Å². The first-order valence-corrected chi connectivity index (χ1v) is 13.6. The number of aryl methyl sites for hydroxylation is 1. The smallest absolute Gasteiger partial charge is 0.263 e. The Balaban J connectivity index is 1.67. The number of methoxy groups -OCH3 is 1. The number of benzene rings is 2. The number of rotatable bonds is 11. The number of pyridine rings is 1. The molecule has 0 amide bonds. The summed E-state index contributed by atoms with van der Waals surface area (Å²) in [6, 6.07) is 16.3.